The number of alkyl halides is 4. The van der Waals surface area contributed by atoms with Gasteiger partial charge < -0.3 is 4.74 Å². The Bertz CT molecular complexity index is 1140. The maximum Gasteiger partial charge on any atom is 0.425 e. The highest BCUT2D eigenvalue weighted by molar-refractivity contribution is 6.42. The fourth-order valence-corrected chi connectivity index (χ4v) is 2.78. The van der Waals surface area contributed by atoms with Gasteiger partial charge >= 0.3 is 6.09 Å². The maximum absolute atomic E-state index is 13.4. The van der Waals surface area contributed by atoms with Crippen LogP contribution in [0.4, 0.5) is 28.0 Å². The highest BCUT2D eigenvalue weighted by atomic mass is 35.5. The number of halogens is 6. The number of benzene rings is 2. The number of nitrogens with zero attached hydrogens (tertiary/aromatic N) is 3. The average molecular weight is 452 g/mol. The Kier molecular flexibility index (Phi) is 5.62. The molecule has 0 aliphatic rings. The van der Waals surface area contributed by atoms with Crippen molar-refractivity contribution in [3.05, 3.63) is 61.9 Å². The van der Waals surface area contributed by atoms with Crippen LogP contribution in [-0.2, 0) is 0 Å². The summed E-state index contributed by atoms with van der Waals surface area (Å²) in [5.41, 5.74) is -3.11. The van der Waals surface area contributed by atoms with Crippen molar-refractivity contribution >= 4 is 46.0 Å². The molecule has 1 heterocycles. The summed E-state index contributed by atoms with van der Waals surface area (Å²) in [6.45, 7) is 0. The van der Waals surface area contributed by atoms with Crippen LogP contribution in [0.2, 0.25) is 10.0 Å². The molecule has 3 rings (SSSR count). The average Bonchev–Trinajstić information content (AvgIpc) is 3.03. The van der Waals surface area contributed by atoms with Gasteiger partial charge in [-0.3, -0.25) is 10.1 Å². The van der Waals surface area contributed by atoms with E-state index in [4.69, 9.17) is 27.9 Å². The molecular formula is C16H7Cl2F4N3O4. The summed E-state index contributed by atoms with van der Waals surface area (Å²) in [5.74, 6) is -1.40. The Morgan fingerprint density at radius 2 is 1.79 bits per heavy atom. The van der Waals surface area contributed by atoms with Gasteiger partial charge in [0.1, 0.15) is 5.75 Å². The molecule has 0 aliphatic carbocycles. The molecule has 13 heteroatoms. The summed E-state index contributed by atoms with van der Waals surface area (Å²) in [5, 5.41) is 11.3. The van der Waals surface area contributed by atoms with E-state index >= 15 is 0 Å². The van der Waals surface area contributed by atoms with E-state index in [1.807, 2.05) is 0 Å². The molecule has 0 fully saturated rings. The van der Waals surface area contributed by atoms with Gasteiger partial charge in [0, 0.05) is 17.7 Å². The molecule has 0 saturated heterocycles. The molecule has 2 aromatic carbocycles. The molecule has 29 heavy (non-hydrogen) atoms. The molecule has 0 atom stereocenters. The number of ether oxygens (including phenoxy) is 1. The third-order valence-electron chi connectivity index (χ3n) is 3.71. The van der Waals surface area contributed by atoms with Crippen LogP contribution in [0.1, 0.15) is 24.2 Å². The molecule has 0 spiro atoms. The van der Waals surface area contributed by atoms with E-state index in [9.17, 15) is 32.5 Å². The molecule has 1 aromatic heterocycles. The van der Waals surface area contributed by atoms with Crippen molar-refractivity contribution in [2.75, 3.05) is 0 Å². The Balaban J connectivity index is 2.21. The number of imidazole rings is 1. The minimum absolute atomic E-state index is 0.00263. The van der Waals surface area contributed by atoms with E-state index in [1.54, 1.807) is 0 Å². The van der Waals surface area contributed by atoms with Crippen LogP contribution < -0.4 is 4.74 Å². The Hall–Kier alpha value is -2.92. The summed E-state index contributed by atoms with van der Waals surface area (Å²) >= 11 is 11.5. The fourth-order valence-electron chi connectivity index (χ4n) is 2.49. The van der Waals surface area contributed by atoms with Crippen LogP contribution in [-0.4, -0.2) is 20.6 Å². The smallest absolute Gasteiger partial charge is 0.410 e. The number of carbonyl (C=O) groups excluding carboxylic acids is 1. The van der Waals surface area contributed by atoms with Crippen molar-refractivity contribution in [1.29, 1.82) is 0 Å². The third kappa shape index (κ3) is 3.96. The van der Waals surface area contributed by atoms with Crippen molar-refractivity contribution in [1.82, 2.24) is 9.55 Å². The molecule has 0 radical (unpaired) electrons. The predicted octanol–water partition coefficient (Wildman–Crippen LogP) is 6.17. The van der Waals surface area contributed by atoms with E-state index in [-0.39, 0.29) is 20.4 Å². The van der Waals surface area contributed by atoms with Gasteiger partial charge in [0.25, 0.3) is 18.5 Å². The van der Waals surface area contributed by atoms with Crippen molar-refractivity contribution in [2.45, 2.75) is 12.9 Å². The van der Waals surface area contributed by atoms with E-state index in [0.717, 1.165) is 6.07 Å². The molecule has 152 valence electrons. The van der Waals surface area contributed by atoms with Gasteiger partial charge in [-0.1, -0.05) is 23.2 Å². The fraction of sp³-hybridized carbons (Fsp3) is 0.125. The van der Waals surface area contributed by atoms with Crippen molar-refractivity contribution < 1.29 is 32.0 Å². The highest BCUT2D eigenvalue weighted by Crippen LogP contribution is 2.35. The molecule has 7 nitrogen and oxygen atoms in total. The number of hydrogen-bond donors (Lipinski definition) is 0. The van der Waals surface area contributed by atoms with Gasteiger partial charge in [-0.15, -0.1) is 0 Å². The van der Waals surface area contributed by atoms with Crippen LogP contribution in [0, 0.1) is 10.1 Å². The third-order valence-corrected chi connectivity index (χ3v) is 4.45. The van der Waals surface area contributed by atoms with E-state index in [1.165, 1.54) is 12.1 Å². The first-order valence-corrected chi connectivity index (χ1v) is 8.30. The Morgan fingerprint density at radius 1 is 1.10 bits per heavy atom. The van der Waals surface area contributed by atoms with Gasteiger partial charge in [0.15, 0.2) is 11.3 Å². The SMILES string of the molecule is O=C(Oc1ccc(Cl)c(Cl)c1)n1c(C(F)F)nc2c([N+](=O)[O-])cc(C(F)F)cc21. The topological polar surface area (TPSA) is 87.3 Å². The van der Waals surface area contributed by atoms with Crippen LogP contribution in [0.3, 0.4) is 0 Å². The van der Waals surface area contributed by atoms with Crippen LogP contribution in [0.25, 0.3) is 11.0 Å². The Labute approximate surface area is 168 Å². The van der Waals surface area contributed by atoms with Gasteiger partial charge in [0.2, 0.25) is 0 Å². The first-order valence-electron chi connectivity index (χ1n) is 7.54. The normalized spacial score (nSPS) is 11.4. The quantitative estimate of drug-likeness (QED) is 0.268. The number of nitro benzene ring substituents is 1. The molecule has 0 N–H and O–H groups in total. The van der Waals surface area contributed by atoms with E-state index in [0.29, 0.717) is 12.1 Å². The second kappa shape index (κ2) is 7.84. The number of rotatable bonds is 4. The standard InChI is InChI=1S/C16H7Cl2F4N3O4/c17-8-2-1-7(5-9(8)18)29-16(26)24-10-3-6(13(19)20)4-11(25(27)28)12(10)23-15(24)14(21)22/h1-5,13-14H. The highest BCUT2D eigenvalue weighted by Gasteiger charge is 2.30. The lowest BCUT2D eigenvalue weighted by atomic mass is 10.1. The van der Waals surface area contributed by atoms with Gasteiger partial charge in [-0.2, -0.15) is 0 Å². The maximum atomic E-state index is 13.4. The van der Waals surface area contributed by atoms with Crippen molar-refractivity contribution in [3.63, 3.8) is 0 Å². The molecule has 3 aromatic rings. The number of non-ortho nitro benzene ring substituents is 1. The molecule has 0 unspecified atom stereocenters. The van der Waals surface area contributed by atoms with Gasteiger partial charge in [-0.25, -0.2) is 31.9 Å². The first kappa shape index (κ1) is 20.8. The summed E-state index contributed by atoms with van der Waals surface area (Å²) in [7, 11) is 0. The zero-order valence-electron chi connectivity index (χ0n) is 13.8. The van der Waals surface area contributed by atoms with E-state index < -0.39 is 52.0 Å². The van der Waals surface area contributed by atoms with Gasteiger partial charge in [0.05, 0.1) is 20.5 Å². The molecule has 0 amide bonds. The molecule has 0 aliphatic heterocycles. The number of nitro groups is 1. The van der Waals surface area contributed by atoms with E-state index in [2.05, 4.69) is 4.98 Å². The lowest BCUT2D eigenvalue weighted by Crippen LogP contribution is -2.19. The number of aromatic nitrogens is 2. The van der Waals surface area contributed by atoms with Crippen molar-refractivity contribution in [2.24, 2.45) is 0 Å². The van der Waals surface area contributed by atoms with Crippen LogP contribution in [0.5, 0.6) is 5.75 Å². The lowest BCUT2D eigenvalue weighted by molar-refractivity contribution is -0.383. The zero-order valence-corrected chi connectivity index (χ0v) is 15.3. The number of hydrogen-bond acceptors (Lipinski definition) is 5. The lowest BCUT2D eigenvalue weighted by Gasteiger charge is -2.09. The predicted molar refractivity (Wildman–Crippen MR) is 94.2 cm³/mol. The minimum Gasteiger partial charge on any atom is -0.410 e. The summed E-state index contributed by atoms with van der Waals surface area (Å²) in [6.07, 6.45) is -7.98. The second-order valence-electron chi connectivity index (χ2n) is 5.52. The van der Waals surface area contributed by atoms with Crippen molar-refractivity contribution in [3.8, 4) is 5.75 Å². The molecular weight excluding hydrogens is 445 g/mol. The number of fused-ring (bicyclic) bond motifs is 1. The van der Waals surface area contributed by atoms with Gasteiger partial charge in [-0.05, 0) is 18.2 Å². The number of carbonyl (C=O) groups is 1. The summed E-state index contributed by atoms with van der Waals surface area (Å²) in [6, 6.07) is 4.76. The molecule has 0 bridgehead atoms. The summed E-state index contributed by atoms with van der Waals surface area (Å²) < 4.78 is 58.2. The largest absolute Gasteiger partial charge is 0.425 e. The van der Waals surface area contributed by atoms with Crippen LogP contribution >= 0.6 is 23.2 Å². The second-order valence-corrected chi connectivity index (χ2v) is 6.33. The monoisotopic (exact) mass is 451 g/mol. The molecule has 0 saturated carbocycles. The minimum atomic E-state index is -3.36. The zero-order chi connectivity index (χ0) is 21.5. The Morgan fingerprint density at radius 3 is 2.34 bits per heavy atom. The summed E-state index contributed by atoms with van der Waals surface area (Å²) in [4.78, 5) is 26.0. The first-order chi connectivity index (χ1) is 13.6. The van der Waals surface area contributed by atoms with Crippen LogP contribution in [0.15, 0.2) is 30.3 Å².